The van der Waals surface area contributed by atoms with Crippen LogP contribution >= 0.6 is 0 Å². The molecule has 0 bridgehead atoms. The van der Waals surface area contributed by atoms with E-state index in [1.165, 1.54) is 32.1 Å². The van der Waals surface area contributed by atoms with E-state index < -0.39 is 0 Å². The molecule has 0 aliphatic heterocycles. The molecule has 1 N–H and O–H groups in total. The molecule has 0 radical (unpaired) electrons. The third kappa shape index (κ3) is 2.60. The van der Waals surface area contributed by atoms with Crippen molar-refractivity contribution in [2.45, 2.75) is 39.0 Å². The second-order valence-corrected chi connectivity index (χ2v) is 4.93. The maximum Gasteiger partial charge on any atom is 0.142 e. The highest BCUT2D eigenvalue weighted by Gasteiger charge is 2.16. The van der Waals surface area contributed by atoms with E-state index in [4.69, 9.17) is 5.26 Å². The first-order valence-corrected chi connectivity index (χ1v) is 6.40. The molecule has 1 aromatic heterocycles. The summed E-state index contributed by atoms with van der Waals surface area (Å²) in [5, 5.41) is 16.8. The molecule has 1 aliphatic carbocycles. The predicted molar refractivity (Wildman–Crippen MR) is 67.7 cm³/mol. The molecule has 0 aromatic carbocycles. The normalized spacial score (nSPS) is 16.8. The third-order valence-corrected chi connectivity index (χ3v) is 3.62. The molecule has 0 amide bonds. The SMILES string of the molecule is Cc1nn(C)c(NCC2CCCCC2)c1C#N. The van der Waals surface area contributed by atoms with Gasteiger partial charge >= 0.3 is 0 Å². The van der Waals surface area contributed by atoms with Gasteiger partial charge in [0.1, 0.15) is 17.5 Å². The molecule has 0 unspecified atom stereocenters. The maximum atomic E-state index is 9.11. The fraction of sp³-hybridized carbons (Fsp3) is 0.692. The number of anilines is 1. The number of nitriles is 1. The number of nitrogens with zero attached hydrogens (tertiary/aromatic N) is 3. The van der Waals surface area contributed by atoms with E-state index in [0.717, 1.165) is 24.0 Å². The van der Waals surface area contributed by atoms with Crippen molar-refractivity contribution in [1.82, 2.24) is 9.78 Å². The summed E-state index contributed by atoms with van der Waals surface area (Å²) in [6.07, 6.45) is 6.70. The number of aromatic nitrogens is 2. The van der Waals surface area contributed by atoms with Crippen LogP contribution in [0.1, 0.15) is 43.4 Å². The number of rotatable bonds is 3. The van der Waals surface area contributed by atoms with Crippen molar-refractivity contribution in [2.24, 2.45) is 13.0 Å². The van der Waals surface area contributed by atoms with Crippen molar-refractivity contribution in [3.8, 4) is 6.07 Å². The lowest BCUT2D eigenvalue weighted by Crippen LogP contribution is -2.18. The molecule has 1 aliphatic rings. The quantitative estimate of drug-likeness (QED) is 0.871. The predicted octanol–water partition coefficient (Wildman–Crippen LogP) is 2.59. The van der Waals surface area contributed by atoms with E-state index in [1.54, 1.807) is 4.68 Å². The summed E-state index contributed by atoms with van der Waals surface area (Å²) in [4.78, 5) is 0. The average Bonchev–Trinajstić information content (AvgIpc) is 2.62. The zero-order valence-electron chi connectivity index (χ0n) is 10.7. The van der Waals surface area contributed by atoms with Gasteiger partial charge in [-0.2, -0.15) is 10.4 Å². The van der Waals surface area contributed by atoms with Crippen LogP contribution in [-0.4, -0.2) is 16.3 Å². The number of hydrogen-bond acceptors (Lipinski definition) is 3. The Morgan fingerprint density at radius 2 is 2.12 bits per heavy atom. The van der Waals surface area contributed by atoms with Gasteiger partial charge < -0.3 is 5.32 Å². The van der Waals surface area contributed by atoms with Gasteiger partial charge in [-0.25, -0.2) is 0 Å². The van der Waals surface area contributed by atoms with Gasteiger partial charge in [0.05, 0.1) is 5.69 Å². The molecule has 4 nitrogen and oxygen atoms in total. The lowest BCUT2D eigenvalue weighted by molar-refractivity contribution is 0.373. The molecule has 0 atom stereocenters. The zero-order chi connectivity index (χ0) is 12.3. The van der Waals surface area contributed by atoms with Gasteiger partial charge in [-0.1, -0.05) is 19.3 Å². The van der Waals surface area contributed by atoms with Crippen molar-refractivity contribution in [3.05, 3.63) is 11.3 Å². The van der Waals surface area contributed by atoms with Crippen LogP contribution in [0.3, 0.4) is 0 Å². The van der Waals surface area contributed by atoms with Gasteiger partial charge in [0.25, 0.3) is 0 Å². The first kappa shape index (κ1) is 12.0. The summed E-state index contributed by atoms with van der Waals surface area (Å²) >= 11 is 0. The Labute approximate surface area is 103 Å². The fourth-order valence-corrected chi connectivity index (χ4v) is 2.63. The Bertz CT molecular complexity index is 421. The van der Waals surface area contributed by atoms with Crippen molar-refractivity contribution in [1.29, 1.82) is 5.26 Å². The molecule has 1 fully saturated rings. The molecule has 1 heterocycles. The Morgan fingerprint density at radius 1 is 1.41 bits per heavy atom. The van der Waals surface area contributed by atoms with Gasteiger partial charge in [-0.3, -0.25) is 4.68 Å². The molecule has 1 saturated carbocycles. The van der Waals surface area contributed by atoms with Crippen molar-refractivity contribution < 1.29 is 0 Å². The topological polar surface area (TPSA) is 53.6 Å². The Balaban J connectivity index is 2.01. The minimum Gasteiger partial charge on any atom is -0.369 e. The second kappa shape index (κ2) is 5.22. The van der Waals surface area contributed by atoms with E-state index in [1.807, 2.05) is 14.0 Å². The maximum absolute atomic E-state index is 9.11. The highest BCUT2D eigenvalue weighted by Crippen LogP contribution is 2.25. The fourth-order valence-electron chi connectivity index (χ4n) is 2.63. The molecule has 0 saturated heterocycles. The number of nitrogens with one attached hydrogen (secondary N) is 1. The zero-order valence-corrected chi connectivity index (χ0v) is 10.7. The molecule has 4 heteroatoms. The average molecular weight is 232 g/mol. The molecule has 17 heavy (non-hydrogen) atoms. The van der Waals surface area contributed by atoms with Crippen LogP contribution in [-0.2, 0) is 7.05 Å². The standard InChI is InChI=1S/C13H20N4/c1-10-12(8-14)13(17(2)16-10)15-9-11-6-4-3-5-7-11/h11,15H,3-7,9H2,1-2H3. The summed E-state index contributed by atoms with van der Waals surface area (Å²) in [6, 6.07) is 2.23. The molecular weight excluding hydrogens is 212 g/mol. The van der Waals surface area contributed by atoms with Gasteiger partial charge in [0.15, 0.2) is 0 Å². The lowest BCUT2D eigenvalue weighted by atomic mass is 9.89. The molecule has 92 valence electrons. The first-order chi connectivity index (χ1) is 8.22. The van der Waals surface area contributed by atoms with Crippen molar-refractivity contribution in [2.75, 3.05) is 11.9 Å². The van der Waals surface area contributed by atoms with Crippen molar-refractivity contribution in [3.63, 3.8) is 0 Å². The van der Waals surface area contributed by atoms with E-state index in [2.05, 4.69) is 16.5 Å². The van der Waals surface area contributed by atoms with Gasteiger partial charge in [-0.15, -0.1) is 0 Å². The minimum absolute atomic E-state index is 0.684. The van der Waals surface area contributed by atoms with Crippen LogP contribution in [0.15, 0.2) is 0 Å². The second-order valence-electron chi connectivity index (χ2n) is 4.93. The van der Waals surface area contributed by atoms with E-state index in [0.29, 0.717) is 5.56 Å². The largest absolute Gasteiger partial charge is 0.369 e. The first-order valence-electron chi connectivity index (χ1n) is 6.40. The summed E-state index contributed by atoms with van der Waals surface area (Å²) in [5.41, 5.74) is 1.49. The van der Waals surface area contributed by atoms with Crippen LogP contribution in [0.5, 0.6) is 0 Å². The van der Waals surface area contributed by atoms with Crippen LogP contribution in [0.2, 0.25) is 0 Å². The molecule has 0 spiro atoms. The van der Waals surface area contributed by atoms with E-state index in [-0.39, 0.29) is 0 Å². The van der Waals surface area contributed by atoms with Gasteiger partial charge in [0.2, 0.25) is 0 Å². The van der Waals surface area contributed by atoms with Gasteiger partial charge in [0, 0.05) is 13.6 Å². The van der Waals surface area contributed by atoms with Crippen LogP contribution in [0, 0.1) is 24.2 Å². The Hall–Kier alpha value is -1.50. The van der Waals surface area contributed by atoms with Crippen LogP contribution in [0.25, 0.3) is 0 Å². The summed E-state index contributed by atoms with van der Waals surface area (Å²) in [7, 11) is 1.89. The van der Waals surface area contributed by atoms with Crippen molar-refractivity contribution >= 4 is 5.82 Å². The molecule has 1 aromatic rings. The Kier molecular flexibility index (Phi) is 3.68. The number of aryl methyl sites for hydroxylation is 2. The van der Waals surface area contributed by atoms with E-state index >= 15 is 0 Å². The van der Waals surface area contributed by atoms with Crippen LogP contribution < -0.4 is 5.32 Å². The lowest BCUT2D eigenvalue weighted by Gasteiger charge is -2.22. The molecular formula is C13H20N4. The highest BCUT2D eigenvalue weighted by molar-refractivity contribution is 5.54. The van der Waals surface area contributed by atoms with Crippen LogP contribution in [0.4, 0.5) is 5.82 Å². The minimum atomic E-state index is 0.684. The summed E-state index contributed by atoms with van der Waals surface area (Å²) < 4.78 is 1.77. The number of hydrogen-bond donors (Lipinski definition) is 1. The molecule has 2 rings (SSSR count). The Morgan fingerprint density at radius 3 is 2.76 bits per heavy atom. The van der Waals surface area contributed by atoms with Gasteiger partial charge in [-0.05, 0) is 25.7 Å². The monoisotopic (exact) mass is 232 g/mol. The summed E-state index contributed by atoms with van der Waals surface area (Å²) in [6.45, 7) is 2.85. The van der Waals surface area contributed by atoms with E-state index in [9.17, 15) is 0 Å². The third-order valence-electron chi connectivity index (χ3n) is 3.62. The highest BCUT2D eigenvalue weighted by atomic mass is 15.3. The summed E-state index contributed by atoms with van der Waals surface area (Å²) in [5.74, 6) is 1.63. The smallest absolute Gasteiger partial charge is 0.142 e.